The zero-order valence-electron chi connectivity index (χ0n) is 11.8. The normalized spacial score (nSPS) is 11.0. The number of carbonyl (C=O) groups is 1. The van der Waals surface area contributed by atoms with E-state index in [4.69, 9.17) is 11.6 Å². The highest BCUT2D eigenvalue weighted by atomic mass is 35.5. The molecule has 0 amide bonds. The van der Waals surface area contributed by atoms with E-state index in [9.17, 15) is 14.3 Å². The molecule has 0 saturated heterocycles. The van der Waals surface area contributed by atoms with Crippen molar-refractivity contribution in [1.29, 1.82) is 0 Å². The summed E-state index contributed by atoms with van der Waals surface area (Å²) in [7, 11) is 0. The van der Waals surface area contributed by atoms with Crippen LogP contribution in [0, 0.1) is 12.7 Å². The Hall–Kier alpha value is -2.33. The molecule has 22 heavy (non-hydrogen) atoms. The van der Waals surface area contributed by atoms with Crippen LogP contribution in [-0.2, 0) is 11.2 Å². The van der Waals surface area contributed by atoms with Crippen molar-refractivity contribution in [3.05, 3.63) is 58.4 Å². The zero-order valence-corrected chi connectivity index (χ0v) is 12.5. The van der Waals surface area contributed by atoms with Gasteiger partial charge >= 0.3 is 5.97 Å². The summed E-state index contributed by atoms with van der Waals surface area (Å²) in [5, 5.41) is 10.3. The molecule has 0 unspecified atom stereocenters. The predicted octanol–water partition coefficient (Wildman–Crippen LogP) is 4.56. The number of benzene rings is 2. The highest BCUT2D eigenvalue weighted by Gasteiger charge is 2.20. The fourth-order valence-corrected chi connectivity index (χ4v) is 2.96. The molecule has 0 spiro atoms. The Morgan fingerprint density at radius 1 is 1.27 bits per heavy atom. The number of carboxylic acid groups (broad SMARTS) is 1. The van der Waals surface area contributed by atoms with Crippen LogP contribution in [0.5, 0.6) is 0 Å². The van der Waals surface area contributed by atoms with Crippen molar-refractivity contribution in [3.8, 4) is 11.3 Å². The van der Waals surface area contributed by atoms with Gasteiger partial charge in [0.1, 0.15) is 5.82 Å². The maximum Gasteiger partial charge on any atom is 0.307 e. The monoisotopic (exact) mass is 317 g/mol. The van der Waals surface area contributed by atoms with Crippen molar-refractivity contribution >= 4 is 28.5 Å². The molecule has 0 radical (unpaired) electrons. The smallest absolute Gasteiger partial charge is 0.307 e. The minimum absolute atomic E-state index is 0.229. The first-order valence-electron chi connectivity index (χ1n) is 6.75. The van der Waals surface area contributed by atoms with Gasteiger partial charge in [-0.05, 0) is 36.2 Å². The number of H-pyrrole nitrogens is 1. The molecule has 0 saturated carbocycles. The molecular formula is C17H13ClFNO2. The van der Waals surface area contributed by atoms with Gasteiger partial charge in [0.25, 0.3) is 0 Å². The SMILES string of the molecule is Cc1ccc(Cl)c2c(CC(=O)O)c(-c3ccccc3F)[nH]c12. The molecule has 0 aliphatic carbocycles. The van der Waals surface area contributed by atoms with Gasteiger partial charge in [0, 0.05) is 10.9 Å². The molecule has 0 fully saturated rings. The molecule has 0 atom stereocenters. The summed E-state index contributed by atoms with van der Waals surface area (Å²) in [4.78, 5) is 14.4. The summed E-state index contributed by atoms with van der Waals surface area (Å²) < 4.78 is 14.1. The average molecular weight is 318 g/mol. The fourth-order valence-electron chi connectivity index (χ4n) is 2.68. The van der Waals surface area contributed by atoms with Gasteiger partial charge in [-0.2, -0.15) is 0 Å². The van der Waals surface area contributed by atoms with Crippen LogP contribution in [0.15, 0.2) is 36.4 Å². The summed E-state index contributed by atoms with van der Waals surface area (Å²) >= 11 is 6.25. The number of aliphatic carboxylic acids is 1. The summed E-state index contributed by atoms with van der Waals surface area (Å²) in [6.45, 7) is 1.89. The summed E-state index contributed by atoms with van der Waals surface area (Å²) in [5.41, 5.74) is 2.97. The van der Waals surface area contributed by atoms with Crippen molar-refractivity contribution in [1.82, 2.24) is 4.98 Å². The molecule has 0 aliphatic rings. The average Bonchev–Trinajstić information content (AvgIpc) is 2.83. The van der Waals surface area contributed by atoms with Crippen LogP contribution in [0.25, 0.3) is 22.2 Å². The van der Waals surface area contributed by atoms with E-state index in [0.717, 1.165) is 11.1 Å². The van der Waals surface area contributed by atoms with Gasteiger partial charge in [-0.3, -0.25) is 4.79 Å². The maximum atomic E-state index is 14.1. The predicted molar refractivity (Wildman–Crippen MR) is 84.8 cm³/mol. The highest BCUT2D eigenvalue weighted by molar-refractivity contribution is 6.36. The van der Waals surface area contributed by atoms with Crippen LogP contribution in [-0.4, -0.2) is 16.1 Å². The van der Waals surface area contributed by atoms with Crippen LogP contribution in [0.3, 0.4) is 0 Å². The Bertz CT molecular complexity index is 886. The lowest BCUT2D eigenvalue weighted by Gasteiger charge is -2.05. The number of rotatable bonds is 3. The van der Waals surface area contributed by atoms with Gasteiger partial charge in [-0.25, -0.2) is 4.39 Å². The first-order chi connectivity index (χ1) is 10.5. The topological polar surface area (TPSA) is 53.1 Å². The number of hydrogen-bond acceptors (Lipinski definition) is 1. The van der Waals surface area contributed by atoms with Crippen LogP contribution in [0.1, 0.15) is 11.1 Å². The van der Waals surface area contributed by atoms with Gasteiger partial charge in [0.15, 0.2) is 0 Å². The van der Waals surface area contributed by atoms with Crippen molar-refractivity contribution < 1.29 is 14.3 Å². The molecule has 1 aromatic heterocycles. The first kappa shape index (κ1) is 14.6. The molecule has 2 aromatic carbocycles. The quantitative estimate of drug-likeness (QED) is 0.744. The van der Waals surface area contributed by atoms with Gasteiger partial charge in [-0.1, -0.05) is 29.8 Å². The molecular weight excluding hydrogens is 305 g/mol. The van der Waals surface area contributed by atoms with E-state index in [1.165, 1.54) is 6.07 Å². The van der Waals surface area contributed by atoms with E-state index in [1.54, 1.807) is 24.3 Å². The second-order valence-corrected chi connectivity index (χ2v) is 5.55. The Morgan fingerprint density at radius 2 is 2.00 bits per heavy atom. The number of fused-ring (bicyclic) bond motifs is 1. The molecule has 0 aliphatic heterocycles. The lowest BCUT2D eigenvalue weighted by Crippen LogP contribution is -2.01. The van der Waals surface area contributed by atoms with Crippen LogP contribution < -0.4 is 0 Å². The lowest BCUT2D eigenvalue weighted by atomic mass is 10.0. The van der Waals surface area contributed by atoms with Crippen molar-refractivity contribution in [2.75, 3.05) is 0 Å². The maximum absolute atomic E-state index is 14.1. The lowest BCUT2D eigenvalue weighted by molar-refractivity contribution is -0.136. The third kappa shape index (κ3) is 2.35. The van der Waals surface area contributed by atoms with Crippen LogP contribution in [0.2, 0.25) is 5.02 Å². The summed E-state index contributed by atoms with van der Waals surface area (Å²) in [6, 6.07) is 9.84. The highest BCUT2D eigenvalue weighted by Crippen LogP contribution is 2.37. The third-order valence-corrected chi connectivity index (χ3v) is 4.00. The van der Waals surface area contributed by atoms with Gasteiger partial charge in [0.05, 0.1) is 22.7 Å². The number of aromatic amines is 1. The van der Waals surface area contributed by atoms with E-state index in [-0.39, 0.29) is 6.42 Å². The Balaban J connectivity index is 2.39. The summed E-state index contributed by atoms with van der Waals surface area (Å²) in [5.74, 6) is -1.40. The molecule has 2 N–H and O–H groups in total. The number of carboxylic acids is 1. The Morgan fingerprint density at radius 3 is 2.68 bits per heavy atom. The van der Waals surface area contributed by atoms with E-state index in [1.807, 2.05) is 13.0 Å². The molecule has 3 rings (SSSR count). The number of hydrogen-bond donors (Lipinski definition) is 2. The van der Waals surface area contributed by atoms with E-state index in [2.05, 4.69) is 4.98 Å². The van der Waals surface area contributed by atoms with E-state index < -0.39 is 11.8 Å². The van der Waals surface area contributed by atoms with Gasteiger partial charge in [0.2, 0.25) is 0 Å². The minimum Gasteiger partial charge on any atom is -0.481 e. The minimum atomic E-state index is -0.990. The van der Waals surface area contributed by atoms with Crippen molar-refractivity contribution in [2.45, 2.75) is 13.3 Å². The largest absolute Gasteiger partial charge is 0.481 e. The number of halogens is 2. The van der Waals surface area contributed by atoms with E-state index >= 15 is 0 Å². The standard InChI is InChI=1S/C17H13ClFNO2/c1-9-6-7-12(18)15-11(8-14(21)22)17(20-16(9)15)10-4-2-3-5-13(10)19/h2-7,20H,8H2,1H3,(H,21,22). The summed E-state index contributed by atoms with van der Waals surface area (Å²) in [6.07, 6.45) is -0.229. The second kappa shape index (κ2) is 5.46. The molecule has 5 heteroatoms. The van der Waals surface area contributed by atoms with Crippen LogP contribution in [0.4, 0.5) is 4.39 Å². The van der Waals surface area contributed by atoms with Gasteiger partial charge in [-0.15, -0.1) is 0 Å². The Labute approximate surface area is 131 Å². The Kier molecular flexibility index (Phi) is 3.62. The fraction of sp³-hybridized carbons (Fsp3) is 0.118. The molecule has 1 heterocycles. The third-order valence-electron chi connectivity index (χ3n) is 3.69. The molecule has 112 valence electrons. The molecule has 0 bridgehead atoms. The first-order valence-corrected chi connectivity index (χ1v) is 7.13. The second-order valence-electron chi connectivity index (χ2n) is 5.14. The number of nitrogens with one attached hydrogen (secondary N) is 1. The molecule has 3 aromatic rings. The van der Waals surface area contributed by atoms with Crippen molar-refractivity contribution in [2.24, 2.45) is 0 Å². The number of aromatic nitrogens is 1. The molecule has 3 nitrogen and oxygen atoms in total. The van der Waals surface area contributed by atoms with E-state index in [0.29, 0.717) is 27.2 Å². The van der Waals surface area contributed by atoms with Crippen molar-refractivity contribution in [3.63, 3.8) is 0 Å². The van der Waals surface area contributed by atoms with Crippen LogP contribution >= 0.6 is 11.6 Å². The zero-order chi connectivity index (χ0) is 15.9. The number of aryl methyl sites for hydroxylation is 1. The van der Waals surface area contributed by atoms with Gasteiger partial charge < -0.3 is 10.1 Å².